The Kier molecular flexibility index (Phi) is 4.62. The van der Waals surface area contributed by atoms with Crippen molar-refractivity contribution in [1.29, 1.82) is 0 Å². The fourth-order valence-electron chi connectivity index (χ4n) is 3.30. The molecule has 1 saturated heterocycles. The summed E-state index contributed by atoms with van der Waals surface area (Å²) in [6, 6.07) is 0.462. The predicted molar refractivity (Wildman–Crippen MR) is 66.5 cm³/mol. The van der Waals surface area contributed by atoms with E-state index < -0.39 is 0 Å². The molecule has 1 heterocycles. The summed E-state index contributed by atoms with van der Waals surface area (Å²) in [5.74, 6) is 0.849. The first-order valence-corrected chi connectivity index (χ1v) is 6.88. The number of aliphatic hydroxyl groups excluding tert-OH is 1. The van der Waals surface area contributed by atoms with Gasteiger partial charge in [-0.3, -0.25) is 4.90 Å². The summed E-state index contributed by atoms with van der Waals surface area (Å²) in [6.45, 7) is 3.53. The van der Waals surface area contributed by atoms with Gasteiger partial charge >= 0.3 is 0 Å². The van der Waals surface area contributed by atoms with Crippen LogP contribution in [0.5, 0.6) is 0 Å². The van der Waals surface area contributed by atoms with Gasteiger partial charge in [-0.1, -0.05) is 12.8 Å². The van der Waals surface area contributed by atoms with E-state index in [1.54, 1.807) is 0 Å². The van der Waals surface area contributed by atoms with Crippen LogP contribution < -0.4 is 5.32 Å². The van der Waals surface area contributed by atoms with Gasteiger partial charge < -0.3 is 10.4 Å². The molecule has 3 nitrogen and oxygen atoms in total. The third kappa shape index (κ3) is 2.96. The maximum Gasteiger partial charge on any atom is 0.0695 e. The van der Waals surface area contributed by atoms with Crippen molar-refractivity contribution >= 4 is 0 Å². The Morgan fingerprint density at radius 1 is 1.12 bits per heavy atom. The van der Waals surface area contributed by atoms with Crippen molar-refractivity contribution in [2.24, 2.45) is 5.92 Å². The summed E-state index contributed by atoms with van der Waals surface area (Å²) in [7, 11) is 2.04. The van der Waals surface area contributed by atoms with Gasteiger partial charge in [-0.15, -0.1) is 0 Å². The highest BCUT2D eigenvalue weighted by Crippen LogP contribution is 2.27. The zero-order valence-corrected chi connectivity index (χ0v) is 10.5. The smallest absolute Gasteiger partial charge is 0.0695 e. The van der Waals surface area contributed by atoms with Crippen LogP contribution in [-0.2, 0) is 0 Å². The minimum Gasteiger partial charge on any atom is -0.391 e. The lowest BCUT2D eigenvalue weighted by Crippen LogP contribution is -2.49. The SMILES string of the molecule is CNCC1CCN(C2CCCCC2O)CC1. The van der Waals surface area contributed by atoms with E-state index in [0.29, 0.717) is 6.04 Å². The number of aliphatic hydroxyl groups is 1. The van der Waals surface area contributed by atoms with Crippen molar-refractivity contribution in [1.82, 2.24) is 10.2 Å². The highest BCUT2D eigenvalue weighted by Gasteiger charge is 2.31. The maximum atomic E-state index is 10.0. The lowest BCUT2D eigenvalue weighted by atomic mass is 9.88. The van der Waals surface area contributed by atoms with E-state index in [0.717, 1.165) is 18.9 Å². The van der Waals surface area contributed by atoms with Crippen molar-refractivity contribution < 1.29 is 5.11 Å². The number of piperidine rings is 1. The van der Waals surface area contributed by atoms with Gasteiger partial charge in [0.2, 0.25) is 0 Å². The zero-order valence-electron chi connectivity index (χ0n) is 10.5. The minimum absolute atomic E-state index is 0.0606. The highest BCUT2D eigenvalue weighted by molar-refractivity contribution is 4.86. The zero-order chi connectivity index (χ0) is 11.4. The first kappa shape index (κ1) is 12.3. The number of nitrogens with zero attached hydrogens (tertiary/aromatic N) is 1. The van der Waals surface area contributed by atoms with Crippen molar-refractivity contribution in [2.75, 3.05) is 26.7 Å². The second-order valence-corrected chi connectivity index (χ2v) is 5.46. The van der Waals surface area contributed by atoms with Crippen LogP contribution in [0.2, 0.25) is 0 Å². The molecule has 0 bridgehead atoms. The van der Waals surface area contributed by atoms with E-state index in [2.05, 4.69) is 10.2 Å². The number of likely N-dealkylation sites (tertiary alicyclic amines) is 1. The monoisotopic (exact) mass is 226 g/mol. The summed E-state index contributed by atoms with van der Waals surface area (Å²) < 4.78 is 0. The van der Waals surface area contributed by atoms with Crippen LogP contribution in [0.1, 0.15) is 38.5 Å². The summed E-state index contributed by atoms with van der Waals surface area (Å²) in [6.07, 6.45) is 7.27. The topological polar surface area (TPSA) is 35.5 Å². The molecule has 0 radical (unpaired) electrons. The lowest BCUT2D eigenvalue weighted by Gasteiger charge is -2.41. The molecule has 0 aromatic carbocycles. The van der Waals surface area contributed by atoms with Crippen molar-refractivity contribution in [3.8, 4) is 0 Å². The van der Waals surface area contributed by atoms with Gasteiger partial charge in [0.1, 0.15) is 0 Å². The van der Waals surface area contributed by atoms with E-state index in [1.807, 2.05) is 7.05 Å². The molecule has 2 atom stereocenters. The summed E-state index contributed by atoms with van der Waals surface area (Å²) in [5.41, 5.74) is 0. The highest BCUT2D eigenvalue weighted by atomic mass is 16.3. The molecule has 94 valence electrons. The second kappa shape index (κ2) is 5.99. The second-order valence-electron chi connectivity index (χ2n) is 5.46. The van der Waals surface area contributed by atoms with Crippen LogP contribution in [0.15, 0.2) is 0 Å². The molecular formula is C13H26N2O. The van der Waals surface area contributed by atoms with Crippen molar-refractivity contribution in [2.45, 2.75) is 50.7 Å². The Bertz CT molecular complexity index is 202. The van der Waals surface area contributed by atoms with Crippen molar-refractivity contribution in [3.63, 3.8) is 0 Å². The Morgan fingerprint density at radius 3 is 2.44 bits per heavy atom. The van der Waals surface area contributed by atoms with Gasteiger partial charge in [0.25, 0.3) is 0 Å². The van der Waals surface area contributed by atoms with Gasteiger partial charge in [-0.2, -0.15) is 0 Å². The quantitative estimate of drug-likeness (QED) is 0.759. The van der Waals surface area contributed by atoms with Crippen LogP contribution in [0.3, 0.4) is 0 Å². The minimum atomic E-state index is -0.0606. The van der Waals surface area contributed by atoms with Gasteiger partial charge in [0, 0.05) is 6.04 Å². The summed E-state index contributed by atoms with van der Waals surface area (Å²) >= 11 is 0. The molecule has 2 aliphatic rings. The van der Waals surface area contributed by atoms with Crippen molar-refractivity contribution in [3.05, 3.63) is 0 Å². The van der Waals surface area contributed by atoms with E-state index in [-0.39, 0.29) is 6.10 Å². The first-order chi connectivity index (χ1) is 7.81. The Morgan fingerprint density at radius 2 is 1.81 bits per heavy atom. The van der Waals surface area contributed by atoms with Crippen LogP contribution >= 0.6 is 0 Å². The number of hydrogen-bond donors (Lipinski definition) is 2. The number of rotatable bonds is 3. The molecule has 2 N–H and O–H groups in total. The fourth-order valence-corrected chi connectivity index (χ4v) is 3.30. The van der Waals surface area contributed by atoms with Crippen LogP contribution in [0.25, 0.3) is 0 Å². The molecular weight excluding hydrogens is 200 g/mol. The molecule has 3 heteroatoms. The molecule has 1 aliphatic heterocycles. The molecule has 16 heavy (non-hydrogen) atoms. The van der Waals surface area contributed by atoms with E-state index in [9.17, 15) is 5.11 Å². The van der Waals surface area contributed by atoms with E-state index in [1.165, 1.54) is 45.2 Å². The lowest BCUT2D eigenvalue weighted by molar-refractivity contribution is 0.00422. The average Bonchev–Trinajstić information content (AvgIpc) is 2.31. The van der Waals surface area contributed by atoms with Crippen LogP contribution in [0.4, 0.5) is 0 Å². The summed E-state index contributed by atoms with van der Waals surface area (Å²) in [5, 5.41) is 13.3. The Hall–Kier alpha value is -0.120. The van der Waals surface area contributed by atoms with Gasteiger partial charge in [-0.05, 0) is 58.3 Å². The Balaban J connectivity index is 1.79. The standard InChI is InChI=1S/C13H26N2O/c1-14-10-11-6-8-15(9-7-11)12-4-2-3-5-13(12)16/h11-14,16H,2-10H2,1H3. The molecule has 0 aromatic rings. The third-order valence-electron chi connectivity index (χ3n) is 4.30. The largest absolute Gasteiger partial charge is 0.391 e. The van der Waals surface area contributed by atoms with E-state index >= 15 is 0 Å². The molecule has 2 fully saturated rings. The summed E-state index contributed by atoms with van der Waals surface area (Å²) in [4.78, 5) is 2.54. The number of hydrogen-bond acceptors (Lipinski definition) is 3. The molecule has 0 aromatic heterocycles. The van der Waals surface area contributed by atoms with Crippen LogP contribution in [0, 0.1) is 5.92 Å². The Labute approximate surface area is 99.2 Å². The molecule has 0 amide bonds. The number of nitrogens with one attached hydrogen (secondary N) is 1. The molecule has 2 unspecified atom stereocenters. The van der Waals surface area contributed by atoms with Gasteiger partial charge in [-0.25, -0.2) is 0 Å². The maximum absolute atomic E-state index is 10.0. The first-order valence-electron chi connectivity index (χ1n) is 6.88. The average molecular weight is 226 g/mol. The fraction of sp³-hybridized carbons (Fsp3) is 1.00. The predicted octanol–water partition coefficient (Wildman–Crippen LogP) is 1.22. The molecule has 1 aliphatic carbocycles. The van der Waals surface area contributed by atoms with Crippen LogP contribution in [-0.4, -0.2) is 48.8 Å². The molecule has 1 saturated carbocycles. The third-order valence-corrected chi connectivity index (χ3v) is 4.30. The normalized spacial score (nSPS) is 34.1. The van der Waals surface area contributed by atoms with Gasteiger partial charge in [0.05, 0.1) is 6.10 Å². The molecule has 0 spiro atoms. The van der Waals surface area contributed by atoms with E-state index in [4.69, 9.17) is 0 Å². The molecule has 2 rings (SSSR count). The van der Waals surface area contributed by atoms with Gasteiger partial charge in [0.15, 0.2) is 0 Å².